The van der Waals surface area contributed by atoms with E-state index in [-0.39, 0.29) is 0 Å². The van der Waals surface area contributed by atoms with Gasteiger partial charge in [-0.3, -0.25) is 0 Å². The van der Waals surface area contributed by atoms with Crippen LogP contribution >= 0.6 is 0 Å². The molecule has 0 aromatic heterocycles. The number of likely N-dealkylation sites (tertiary alicyclic amines) is 1. The van der Waals surface area contributed by atoms with Crippen molar-refractivity contribution in [2.45, 2.75) is 112 Å². The maximum Gasteiger partial charge on any atom is 0.00950 e. The molecule has 0 atom stereocenters. The summed E-state index contributed by atoms with van der Waals surface area (Å²) in [6.07, 6.45) is 12.1. The van der Waals surface area contributed by atoms with Gasteiger partial charge < -0.3 is 10.2 Å². The summed E-state index contributed by atoms with van der Waals surface area (Å²) in [5.41, 5.74) is 1.44. The van der Waals surface area contributed by atoms with Crippen LogP contribution in [0.25, 0.3) is 0 Å². The predicted octanol–water partition coefficient (Wildman–Crippen LogP) is 7.72. The van der Waals surface area contributed by atoms with Gasteiger partial charge in [-0.2, -0.15) is 0 Å². The van der Waals surface area contributed by atoms with Gasteiger partial charge in [-0.1, -0.05) is 98.1 Å². The third-order valence-corrected chi connectivity index (χ3v) is 4.96. The van der Waals surface area contributed by atoms with Crippen molar-refractivity contribution >= 4 is 0 Å². The van der Waals surface area contributed by atoms with Gasteiger partial charge in [0.05, 0.1) is 0 Å². The van der Waals surface area contributed by atoms with Gasteiger partial charge in [0, 0.05) is 6.04 Å². The van der Waals surface area contributed by atoms with Crippen LogP contribution in [0.3, 0.4) is 0 Å². The van der Waals surface area contributed by atoms with Crippen molar-refractivity contribution in [1.29, 1.82) is 0 Å². The monoisotopic (exact) mass is 406 g/mol. The van der Waals surface area contributed by atoms with Gasteiger partial charge in [-0.05, 0) is 70.3 Å². The van der Waals surface area contributed by atoms with Crippen molar-refractivity contribution in [3.63, 3.8) is 0 Å². The van der Waals surface area contributed by atoms with E-state index in [9.17, 15) is 0 Å². The Bertz CT molecular complexity index is 375. The van der Waals surface area contributed by atoms with Crippen LogP contribution < -0.4 is 5.32 Å². The Morgan fingerprint density at radius 3 is 1.72 bits per heavy atom. The minimum absolute atomic E-state index is 0.905. The van der Waals surface area contributed by atoms with E-state index in [0.29, 0.717) is 0 Å². The van der Waals surface area contributed by atoms with E-state index in [2.05, 4.69) is 75.2 Å². The lowest BCUT2D eigenvalue weighted by atomic mass is 10.1. The minimum Gasteiger partial charge on any atom is -0.317 e. The molecule has 1 heterocycles. The smallest absolute Gasteiger partial charge is 0.00950 e. The first kappa shape index (κ1) is 30.3. The normalized spacial score (nSPS) is 13.0. The van der Waals surface area contributed by atoms with Crippen molar-refractivity contribution in [3.05, 3.63) is 35.9 Å². The van der Waals surface area contributed by atoms with E-state index < -0.39 is 0 Å². The predicted molar refractivity (Wildman–Crippen MR) is 135 cm³/mol. The molecule has 172 valence electrons. The summed E-state index contributed by atoms with van der Waals surface area (Å²) in [7, 11) is 0. The van der Waals surface area contributed by atoms with Crippen molar-refractivity contribution in [2.75, 3.05) is 26.2 Å². The molecule has 1 saturated heterocycles. The Morgan fingerprint density at radius 2 is 1.34 bits per heavy atom. The van der Waals surface area contributed by atoms with Crippen molar-refractivity contribution in [2.24, 2.45) is 0 Å². The van der Waals surface area contributed by atoms with Crippen LogP contribution in [0.4, 0.5) is 0 Å². The third kappa shape index (κ3) is 18.9. The van der Waals surface area contributed by atoms with Crippen LogP contribution in [0.1, 0.15) is 105 Å². The quantitative estimate of drug-likeness (QED) is 0.400. The summed E-state index contributed by atoms with van der Waals surface area (Å²) in [6.45, 7) is 20.1. The standard InChI is InChI=1S/C11H23N.C9H12.C5H13N.C2H6/c1-3-7-11(8-4-2)12-9-5-6-10-12;1-2-6-9-7-4-3-5-8-9;1-3-5-6-4-2;1-2/h11H,3-10H2,1-2H3;3-5,7-8H,2,6H2,1H3;6H,3-5H2,1-2H3;1-2H3. The molecule has 2 rings (SSSR count). The van der Waals surface area contributed by atoms with Crippen LogP contribution in [0, 0.1) is 0 Å². The average molecular weight is 407 g/mol. The second-order valence-corrected chi connectivity index (χ2v) is 7.56. The lowest BCUT2D eigenvalue weighted by Gasteiger charge is -2.26. The molecule has 1 aromatic rings. The lowest BCUT2D eigenvalue weighted by Crippen LogP contribution is -2.32. The largest absolute Gasteiger partial charge is 0.317 e. The molecule has 1 N–H and O–H groups in total. The van der Waals surface area contributed by atoms with Crippen molar-refractivity contribution < 1.29 is 0 Å². The molecule has 0 spiro atoms. The number of rotatable bonds is 10. The molecular formula is C27H54N2. The van der Waals surface area contributed by atoms with E-state index in [1.807, 2.05) is 13.8 Å². The second kappa shape index (κ2) is 25.2. The molecule has 0 amide bonds. The molecule has 0 bridgehead atoms. The van der Waals surface area contributed by atoms with Crippen LogP contribution in [0.15, 0.2) is 30.3 Å². The third-order valence-electron chi connectivity index (χ3n) is 4.96. The fraction of sp³-hybridized carbons (Fsp3) is 0.778. The Labute approximate surface area is 184 Å². The Morgan fingerprint density at radius 1 is 0.793 bits per heavy atom. The molecule has 0 unspecified atom stereocenters. The number of nitrogens with zero attached hydrogens (tertiary/aromatic N) is 1. The van der Waals surface area contributed by atoms with Gasteiger partial charge in [0.15, 0.2) is 0 Å². The first-order valence-electron chi connectivity index (χ1n) is 12.7. The highest BCUT2D eigenvalue weighted by Crippen LogP contribution is 2.18. The summed E-state index contributed by atoms with van der Waals surface area (Å²) in [5, 5.41) is 3.20. The molecule has 0 saturated carbocycles. The molecule has 0 radical (unpaired) electrons. The first-order valence-corrected chi connectivity index (χ1v) is 12.7. The number of benzene rings is 1. The number of nitrogens with one attached hydrogen (secondary N) is 1. The Balaban J connectivity index is 0. The lowest BCUT2D eigenvalue weighted by molar-refractivity contribution is 0.216. The molecule has 2 nitrogen and oxygen atoms in total. The molecule has 1 aliphatic heterocycles. The minimum atomic E-state index is 0.905. The van der Waals surface area contributed by atoms with Crippen molar-refractivity contribution in [3.8, 4) is 0 Å². The summed E-state index contributed by atoms with van der Waals surface area (Å²) >= 11 is 0. The van der Waals surface area contributed by atoms with E-state index >= 15 is 0 Å². The second-order valence-electron chi connectivity index (χ2n) is 7.56. The fourth-order valence-electron chi connectivity index (χ4n) is 3.57. The van der Waals surface area contributed by atoms with Gasteiger partial charge in [0.2, 0.25) is 0 Å². The van der Waals surface area contributed by atoms with Crippen LogP contribution in [-0.2, 0) is 6.42 Å². The molecule has 29 heavy (non-hydrogen) atoms. The van der Waals surface area contributed by atoms with Crippen LogP contribution in [-0.4, -0.2) is 37.1 Å². The molecular weight excluding hydrogens is 352 g/mol. The summed E-state index contributed by atoms with van der Waals surface area (Å²) in [4.78, 5) is 2.70. The maximum absolute atomic E-state index is 3.20. The summed E-state index contributed by atoms with van der Waals surface area (Å²) in [5.74, 6) is 0. The van der Waals surface area contributed by atoms with E-state index in [0.717, 1.165) is 19.1 Å². The Kier molecular flexibility index (Phi) is 26.3. The molecule has 1 aromatic carbocycles. The number of hydrogen-bond donors (Lipinski definition) is 1. The highest BCUT2D eigenvalue weighted by molar-refractivity contribution is 5.14. The zero-order valence-corrected chi connectivity index (χ0v) is 21.1. The molecule has 1 aliphatic rings. The van der Waals surface area contributed by atoms with Gasteiger partial charge in [0.1, 0.15) is 0 Å². The SMILES string of the molecule is CC.CCCC(CCC)N1CCCC1.CCCNCC.CCCc1ccccc1. The van der Waals surface area contributed by atoms with Gasteiger partial charge in [-0.25, -0.2) is 0 Å². The van der Waals surface area contributed by atoms with Crippen LogP contribution in [0.5, 0.6) is 0 Å². The maximum atomic E-state index is 3.20. The van der Waals surface area contributed by atoms with Gasteiger partial charge in [0.25, 0.3) is 0 Å². The van der Waals surface area contributed by atoms with E-state index in [1.165, 1.54) is 76.4 Å². The van der Waals surface area contributed by atoms with Gasteiger partial charge in [-0.15, -0.1) is 0 Å². The number of aryl methyl sites for hydroxylation is 1. The highest BCUT2D eigenvalue weighted by atomic mass is 15.2. The average Bonchev–Trinajstić information content (AvgIpc) is 3.30. The highest BCUT2D eigenvalue weighted by Gasteiger charge is 2.19. The zero-order chi connectivity index (χ0) is 22.2. The zero-order valence-electron chi connectivity index (χ0n) is 21.1. The first-order chi connectivity index (χ1) is 14.2. The summed E-state index contributed by atoms with van der Waals surface area (Å²) < 4.78 is 0. The Hall–Kier alpha value is -0.860. The van der Waals surface area contributed by atoms with E-state index in [4.69, 9.17) is 0 Å². The fourth-order valence-corrected chi connectivity index (χ4v) is 3.57. The topological polar surface area (TPSA) is 15.3 Å². The molecule has 1 fully saturated rings. The van der Waals surface area contributed by atoms with Crippen LogP contribution in [0.2, 0.25) is 0 Å². The van der Waals surface area contributed by atoms with Crippen molar-refractivity contribution in [1.82, 2.24) is 10.2 Å². The summed E-state index contributed by atoms with van der Waals surface area (Å²) in [6, 6.07) is 11.5. The van der Waals surface area contributed by atoms with Gasteiger partial charge >= 0.3 is 0 Å². The van der Waals surface area contributed by atoms with E-state index in [1.54, 1.807) is 0 Å². The number of hydrogen-bond acceptors (Lipinski definition) is 2. The molecule has 0 aliphatic carbocycles. The molecule has 2 heteroatoms.